The number of ether oxygens (including phenoxy) is 1. The smallest absolute Gasteiger partial charge is 0.251 e. The monoisotopic (exact) mass is 435 g/mol. The third kappa shape index (κ3) is 5.31. The molecule has 0 spiro atoms. The highest BCUT2D eigenvalue weighted by Crippen LogP contribution is 2.37. The van der Waals surface area contributed by atoms with Gasteiger partial charge in [0.1, 0.15) is 10.8 Å². The standard InChI is InChI=1S/C24H25N3O3S/c25-23(29)22-19-11-13-27(15-17-7-3-1-4-8-17)16-20(19)31-24(22)26-21(28)12-14-30-18-9-5-2-6-10-18/h1-10H,11-16H2,(H2,25,29)(H,26,28). The molecular weight excluding hydrogens is 410 g/mol. The molecule has 1 aliphatic heterocycles. The van der Waals surface area contributed by atoms with Crippen LogP contribution in [0.15, 0.2) is 60.7 Å². The van der Waals surface area contributed by atoms with Gasteiger partial charge in [-0.05, 0) is 29.7 Å². The predicted molar refractivity (Wildman–Crippen MR) is 122 cm³/mol. The van der Waals surface area contributed by atoms with Gasteiger partial charge in [-0.1, -0.05) is 48.5 Å². The fraction of sp³-hybridized carbons (Fsp3) is 0.250. The van der Waals surface area contributed by atoms with Crippen molar-refractivity contribution < 1.29 is 14.3 Å². The summed E-state index contributed by atoms with van der Waals surface area (Å²) >= 11 is 1.45. The van der Waals surface area contributed by atoms with Crippen LogP contribution in [0.1, 0.15) is 32.8 Å². The van der Waals surface area contributed by atoms with E-state index in [1.54, 1.807) is 0 Å². The van der Waals surface area contributed by atoms with Crippen LogP contribution < -0.4 is 15.8 Å². The largest absolute Gasteiger partial charge is 0.493 e. The number of thiophene rings is 1. The fourth-order valence-corrected chi connectivity index (χ4v) is 5.06. The summed E-state index contributed by atoms with van der Waals surface area (Å²) in [6.07, 6.45) is 0.930. The van der Waals surface area contributed by atoms with Crippen molar-refractivity contribution in [3.05, 3.63) is 82.2 Å². The molecule has 2 heterocycles. The molecular formula is C24H25N3O3S. The molecule has 0 aliphatic carbocycles. The van der Waals surface area contributed by atoms with Crippen LogP contribution in [0.4, 0.5) is 5.00 Å². The molecule has 3 aromatic rings. The number of anilines is 1. The Morgan fingerprint density at radius 2 is 1.77 bits per heavy atom. The lowest BCUT2D eigenvalue weighted by Gasteiger charge is -2.27. The number of hydrogen-bond acceptors (Lipinski definition) is 5. The van der Waals surface area contributed by atoms with Gasteiger partial charge >= 0.3 is 0 Å². The molecule has 2 amide bonds. The van der Waals surface area contributed by atoms with E-state index < -0.39 is 5.91 Å². The van der Waals surface area contributed by atoms with Crippen LogP contribution in [-0.2, 0) is 24.3 Å². The average Bonchev–Trinajstić information content (AvgIpc) is 3.12. The summed E-state index contributed by atoms with van der Waals surface area (Å²) in [5.41, 5.74) is 8.35. The SMILES string of the molecule is NC(=O)c1c(NC(=O)CCOc2ccccc2)sc2c1CCN(Cc1ccccc1)C2. The number of amides is 2. The van der Waals surface area contributed by atoms with Crippen molar-refractivity contribution in [3.8, 4) is 5.75 Å². The zero-order chi connectivity index (χ0) is 21.6. The number of fused-ring (bicyclic) bond motifs is 1. The summed E-state index contributed by atoms with van der Waals surface area (Å²) in [5.74, 6) is 0.0289. The molecule has 3 N–H and O–H groups in total. The molecule has 0 radical (unpaired) electrons. The van der Waals surface area contributed by atoms with Crippen molar-refractivity contribution in [2.45, 2.75) is 25.9 Å². The normalized spacial score (nSPS) is 13.4. The lowest BCUT2D eigenvalue weighted by atomic mass is 10.0. The first-order valence-corrected chi connectivity index (χ1v) is 11.1. The Bertz CT molecular complexity index is 1050. The molecule has 160 valence electrons. The van der Waals surface area contributed by atoms with Crippen LogP contribution in [0.2, 0.25) is 0 Å². The predicted octanol–water partition coefficient (Wildman–Crippen LogP) is 3.81. The zero-order valence-electron chi connectivity index (χ0n) is 17.2. The molecule has 6 nitrogen and oxygen atoms in total. The number of nitrogens with zero attached hydrogens (tertiary/aromatic N) is 1. The molecule has 0 unspecified atom stereocenters. The van der Waals surface area contributed by atoms with Crippen molar-refractivity contribution >= 4 is 28.2 Å². The summed E-state index contributed by atoms with van der Waals surface area (Å²) in [6.45, 7) is 2.69. The quantitative estimate of drug-likeness (QED) is 0.563. The zero-order valence-corrected chi connectivity index (χ0v) is 18.0. The molecule has 0 saturated heterocycles. The molecule has 0 fully saturated rings. The fourth-order valence-electron chi connectivity index (χ4n) is 3.75. The van der Waals surface area contributed by atoms with Crippen molar-refractivity contribution in [3.63, 3.8) is 0 Å². The van der Waals surface area contributed by atoms with Gasteiger partial charge < -0.3 is 15.8 Å². The molecule has 1 aliphatic rings. The van der Waals surface area contributed by atoms with E-state index in [9.17, 15) is 9.59 Å². The van der Waals surface area contributed by atoms with E-state index in [4.69, 9.17) is 10.5 Å². The number of carbonyl (C=O) groups excluding carboxylic acids is 2. The lowest BCUT2D eigenvalue weighted by Crippen LogP contribution is -2.30. The number of carbonyl (C=O) groups is 2. The number of rotatable bonds is 8. The summed E-state index contributed by atoms with van der Waals surface area (Å²) < 4.78 is 5.59. The Morgan fingerprint density at radius 3 is 2.48 bits per heavy atom. The van der Waals surface area contributed by atoms with Crippen LogP contribution in [0.25, 0.3) is 0 Å². The minimum absolute atomic E-state index is 0.190. The Labute approximate surface area is 185 Å². The highest BCUT2D eigenvalue weighted by atomic mass is 32.1. The minimum atomic E-state index is -0.496. The Balaban J connectivity index is 1.40. The van der Waals surface area contributed by atoms with Gasteiger partial charge in [-0.15, -0.1) is 11.3 Å². The number of nitrogens with two attached hydrogens (primary N) is 1. The number of benzene rings is 2. The van der Waals surface area contributed by atoms with Crippen LogP contribution in [0.5, 0.6) is 5.75 Å². The van der Waals surface area contributed by atoms with Crippen LogP contribution in [0, 0.1) is 0 Å². The van der Waals surface area contributed by atoms with E-state index in [1.165, 1.54) is 16.9 Å². The molecule has 0 bridgehead atoms. The van der Waals surface area contributed by atoms with Gasteiger partial charge in [0.25, 0.3) is 5.91 Å². The van der Waals surface area contributed by atoms with E-state index in [-0.39, 0.29) is 18.9 Å². The van der Waals surface area contributed by atoms with Gasteiger partial charge in [0.2, 0.25) is 5.91 Å². The van der Waals surface area contributed by atoms with Crippen molar-refractivity contribution in [1.29, 1.82) is 0 Å². The summed E-state index contributed by atoms with van der Waals surface area (Å²) in [5, 5.41) is 3.43. The maximum Gasteiger partial charge on any atom is 0.251 e. The van der Waals surface area contributed by atoms with Crippen molar-refractivity contribution in [2.75, 3.05) is 18.5 Å². The molecule has 7 heteroatoms. The summed E-state index contributed by atoms with van der Waals surface area (Å²) in [7, 11) is 0. The number of nitrogens with one attached hydrogen (secondary N) is 1. The topological polar surface area (TPSA) is 84.7 Å². The highest BCUT2D eigenvalue weighted by Gasteiger charge is 2.27. The maximum atomic E-state index is 12.4. The molecule has 31 heavy (non-hydrogen) atoms. The lowest BCUT2D eigenvalue weighted by molar-refractivity contribution is -0.116. The van der Waals surface area contributed by atoms with Gasteiger partial charge in [-0.2, -0.15) is 0 Å². The maximum absolute atomic E-state index is 12.4. The van der Waals surface area contributed by atoms with Crippen LogP contribution in [-0.4, -0.2) is 29.9 Å². The van der Waals surface area contributed by atoms with Gasteiger partial charge in [0.05, 0.1) is 18.6 Å². The third-order valence-corrected chi connectivity index (χ3v) is 6.36. The molecule has 1 aromatic heterocycles. The molecule has 2 aromatic carbocycles. The second kappa shape index (κ2) is 9.76. The molecule has 4 rings (SSSR count). The third-order valence-electron chi connectivity index (χ3n) is 5.23. The Morgan fingerprint density at radius 1 is 1.06 bits per heavy atom. The number of primary amides is 1. The first-order valence-electron chi connectivity index (χ1n) is 10.3. The van der Waals surface area contributed by atoms with E-state index in [1.807, 2.05) is 48.5 Å². The van der Waals surface area contributed by atoms with E-state index >= 15 is 0 Å². The van der Waals surface area contributed by atoms with Gasteiger partial charge in [-0.3, -0.25) is 14.5 Å². The van der Waals surface area contributed by atoms with Gasteiger partial charge in [0, 0.05) is 24.5 Å². The minimum Gasteiger partial charge on any atom is -0.493 e. The highest BCUT2D eigenvalue weighted by molar-refractivity contribution is 7.17. The van der Waals surface area contributed by atoms with Crippen LogP contribution >= 0.6 is 11.3 Å². The Kier molecular flexibility index (Phi) is 6.64. The number of hydrogen-bond donors (Lipinski definition) is 2. The van der Waals surface area contributed by atoms with Crippen molar-refractivity contribution in [2.24, 2.45) is 5.73 Å². The van der Waals surface area contributed by atoms with E-state index in [2.05, 4.69) is 22.3 Å². The number of para-hydroxylation sites is 1. The summed E-state index contributed by atoms with van der Waals surface area (Å²) in [4.78, 5) is 28.0. The van der Waals surface area contributed by atoms with Gasteiger partial charge in [0.15, 0.2) is 0 Å². The van der Waals surface area contributed by atoms with Gasteiger partial charge in [-0.25, -0.2) is 0 Å². The second-order valence-electron chi connectivity index (χ2n) is 7.48. The first-order chi connectivity index (χ1) is 15.1. The van der Waals surface area contributed by atoms with Crippen LogP contribution in [0.3, 0.4) is 0 Å². The summed E-state index contributed by atoms with van der Waals surface area (Å²) in [6, 6.07) is 19.7. The molecule has 0 saturated carbocycles. The van der Waals surface area contributed by atoms with E-state index in [0.29, 0.717) is 10.6 Å². The average molecular weight is 436 g/mol. The Hall–Kier alpha value is -3.16. The van der Waals surface area contributed by atoms with Crippen molar-refractivity contribution in [1.82, 2.24) is 4.90 Å². The first kappa shape index (κ1) is 21.1. The second-order valence-corrected chi connectivity index (χ2v) is 8.58. The van der Waals surface area contributed by atoms with E-state index in [0.717, 1.165) is 42.2 Å². The molecule has 0 atom stereocenters.